The number of carbonyl (C=O) groups excluding carboxylic acids is 1. The van der Waals surface area contributed by atoms with E-state index in [0.29, 0.717) is 24.1 Å². The van der Waals surface area contributed by atoms with Crippen molar-refractivity contribution in [3.05, 3.63) is 54.0 Å². The highest BCUT2D eigenvalue weighted by atomic mass is 19.1. The summed E-state index contributed by atoms with van der Waals surface area (Å²) >= 11 is 0. The molecule has 1 saturated heterocycles. The number of amides is 1. The van der Waals surface area contributed by atoms with Gasteiger partial charge < -0.3 is 15.4 Å². The van der Waals surface area contributed by atoms with Crippen molar-refractivity contribution in [3.63, 3.8) is 0 Å². The van der Waals surface area contributed by atoms with Crippen LogP contribution in [0.3, 0.4) is 0 Å². The van der Waals surface area contributed by atoms with Gasteiger partial charge in [-0.3, -0.25) is 4.79 Å². The van der Waals surface area contributed by atoms with E-state index in [4.69, 9.17) is 4.74 Å². The minimum atomic E-state index is -0.312. The largest absolute Gasteiger partial charge is 0.439 e. The molecule has 0 bridgehead atoms. The first-order valence-corrected chi connectivity index (χ1v) is 9.53. The molecule has 1 aliphatic heterocycles. The summed E-state index contributed by atoms with van der Waals surface area (Å²) in [5.41, 5.74) is 0.670. The zero-order chi connectivity index (χ0) is 18.7. The van der Waals surface area contributed by atoms with E-state index < -0.39 is 0 Å². The van der Waals surface area contributed by atoms with Crippen LogP contribution in [0.5, 0.6) is 11.6 Å². The average molecular weight is 369 g/mol. The third kappa shape index (κ3) is 3.81. The monoisotopic (exact) mass is 369 g/mol. The highest BCUT2D eigenvalue weighted by Gasteiger charge is 2.49. The summed E-state index contributed by atoms with van der Waals surface area (Å²) in [5, 5.41) is 6.52. The van der Waals surface area contributed by atoms with Gasteiger partial charge in [-0.1, -0.05) is 12.8 Å². The molecular weight excluding hydrogens is 345 g/mol. The van der Waals surface area contributed by atoms with Crippen molar-refractivity contribution in [2.45, 2.75) is 32.2 Å². The Morgan fingerprint density at radius 3 is 3.00 bits per heavy atom. The van der Waals surface area contributed by atoms with Crippen molar-refractivity contribution in [3.8, 4) is 11.6 Å². The number of hydrogen-bond donors (Lipinski definition) is 2. The van der Waals surface area contributed by atoms with Crippen LogP contribution in [-0.2, 0) is 11.3 Å². The Kier molecular flexibility index (Phi) is 5.07. The van der Waals surface area contributed by atoms with E-state index in [9.17, 15) is 9.18 Å². The number of pyridine rings is 1. The lowest BCUT2D eigenvalue weighted by molar-refractivity contribution is -0.134. The van der Waals surface area contributed by atoms with Crippen molar-refractivity contribution >= 4 is 5.91 Å². The van der Waals surface area contributed by atoms with Crippen LogP contribution in [0.1, 0.15) is 31.2 Å². The van der Waals surface area contributed by atoms with Crippen LogP contribution in [0.15, 0.2) is 42.6 Å². The molecule has 2 aromatic rings. The second-order valence-electron chi connectivity index (χ2n) is 7.47. The second-order valence-corrected chi connectivity index (χ2v) is 7.47. The minimum absolute atomic E-state index is 0.148. The number of benzene rings is 1. The van der Waals surface area contributed by atoms with Gasteiger partial charge >= 0.3 is 0 Å². The molecule has 0 unspecified atom stereocenters. The van der Waals surface area contributed by atoms with Crippen LogP contribution in [0, 0.1) is 17.2 Å². The molecule has 1 aliphatic carbocycles. The van der Waals surface area contributed by atoms with Gasteiger partial charge in [-0.25, -0.2) is 9.37 Å². The Hall–Kier alpha value is -2.47. The summed E-state index contributed by atoms with van der Waals surface area (Å²) in [4.78, 5) is 17.1. The lowest BCUT2D eigenvalue weighted by atomic mass is 9.67. The number of rotatable bonds is 5. The summed E-state index contributed by atoms with van der Waals surface area (Å²) in [6, 6.07) is 9.46. The Balaban J connectivity index is 1.39. The standard InChI is InChI=1S/C21H24FN3O2/c22-17-4-6-18(7-5-17)27-19-11-15(8-10-24-19)12-25-20(26)21-9-2-1-3-16(21)13-23-14-21/h4-8,10-11,16,23H,1-3,9,12-14H2,(H,25,26)/t16-,21+/m0/s1. The van der Waals surface area contributed by atoms with Crippen LogP contribution in [0.4, 0.5) is 4.39 Å². The zero-order valence-electron chi connectivity index (χ0n) is 15.2. The van der Waals surface area contributed by atoms with Crippen molar-refractivity contribution < 1.29 is 13.9 Å². The van der Waals surface area contributed by atoms with Gasteiger partial charge in [0, 0.05) is 25.4 Å². The van der Waals surface area contributed by atoms with Crippen molar-refractivity contribution in [1.29, 1.82) is 0 Å². The molecule has 2 heterocycles. The van der Waals surface area contributed by atoms with E-state index in [1.807, 2.05) is 6.07 Å². The number of fused-ring (bicyclic) bond motifs is 1. The zero-order valence-corrected chi connectivity index (χ0v) is 15.2. The van der Waals surface area contributed by atoms with Gasteiger partial charge in [-0.05, 0) is 61.2 Å². The van der Waals surface area contributed by atoms with Crippen molar-refractivity contribution in [1.82, 2.24) is 15.6 Å². The fourth-order valence-electron chi connectivity index (χ4n) is 4.29. The Labute approximate surface area is 158 Å². The number of hydrogen-bond acceptors (Lipinski definition) is 4. The fraction of sp³-hybridized carbons (Fsp3) is 0.429. The molecule has 1 amide bonds. The van der Waals surface area contributed by atoms with Gasteiger partial charge in [-0.15, -0.1) is 0 Å². The topological polar surface area (TPSA) is 63.2 Å². The summed E-state index contributed by atoms with van der Waals surface area (Å²) in [6.45, 7) is 2.16. The first-order chi connectivity index (χ1) is 13.2. The Morgan fingerprint density at radius 1 is 1.30 bits per heavy atom. The molecule has 2 aliphatic rings. The van der Waals surface area contributed by atoms with E-state index in [0.717, 1.165) is 37.9 Å². The van der Waals surface area contributed by atoms with Gasteiger partial charge in [0.15, 0.2) is 0 Å². The molecule has 0 spiro atoms. The Morgan fingerprint density at radius 2 is 2.15 bits per heavy atom. The molecule has 142 valence electrons. The fourth-order valence-corrected chi connectivity index (χ4v) is 4.29. The van der Waals surface area contributed by atoms with Gasteiger partial charge in [0.05, 0.1) is 5.41 Å². The predicted molar refractivity (Wildman–Crippen MR) is 99.8 cm³/mol. The average Bonchev–Trinajstić information content (AvgIpc) is 3.14. The molecule has 2 fully saturated rings. The molecule has 1 aromatic heterocycles. The lowest BCUT2D eigenvalue weighted by Crippen LogP contribution is -2.47. The number of carbonyl (C=O) groups is 1. The number of halogens is 1. The molecule has 0 radical (unpaired) electrons. The normalized spacial score (nSPS) is 24.3. The summed E-state index contributed by atoms with van der Waals surface area (Å²) in [6.07, 6.45) is 6.09. The summed E-state index contributed by atoms with van der Waals surface area (Å²) in [7, 11) is 0. The van der Waals surface area contributed by atoms with E-state index in [-0.39, 0.29) is 17.1 Å². The molecule has 4 rings (SSSR count). The first kappa shape index (κ1) is 17.9. The molecule has 27 heavy (non-hydrogen) atoms. The third-order valence-electron chi connectivity index (χ3n) is 5.78. The van der Waals surface area contributed by atoms with Gasteiger partial charge in [0.1, 0.15) is 11.6 Å². The maximum absolute atomic E-state index is 13.0. The summed E-state index contributed by atoms with van der Waals surface area (Å²) < 4.78 is 18.7. The predicted octanol–water partition coefficient (Wildman–Crippen LogP) is 3.41. The van der Waals surface area contributed by atoms with E-state index in [1.165, 1.54) is 18.6 Å². The molecule has 1 aromatic carbocycles. The van der Waals surface area contributed by atoms with E-state index in [2.05, 4.69) is 15.6 Å². The van der Waals surface area contributed by atoms with Crippen LogP contribution in [0.2, 0.25) is 0 Å². The smallest absolute Gasteiger partial charge is 0.228 e. The molecular formula is C21H24FN3O2. The highest BCUT2D eigenvalue weighted by molar-refractivity contribution is 5.83. The second kappa shape index (κ2) is 7.64. The maximum Gasteiger partial charge on any atom is 0.228 e. The summed E-state index contributed by atoms with van der Waals surface area (Å²) in [5.74, 6) is 1.22. The first-order valence-electron chi connectivity index (χ1n) is 9.53. The van der Waals surface area contributed by atoms with E-state index in [1.54, 1.807) is 24.4 Å². The van der Waals surface area contributed by atoms with Gasteiger partial charge in [-0.2, -0.15) is 0 Å². The van der Waals surface area contributed by atoms with Crippen molar-refractivity contribution in [2.24, 2.45) is 11.3 Å². The van der Waals surface area contributed by atoms with Crippen LogP contribution in [0.25, 0.3) is 0 Å². The minimum Gasteiger partial charge on any atom is -0.439 e. The number of aromatic nitrogens is 1. The quantitative estimate of drug-likeness (QED) is 0.848. The van der Waals surface area contributed by atoms with E-state index >= 15 is 0 Å². The highest BCUT2D eigenvalue weighted by Crippen LogP contribution is 2.43. The molecule has 6 heteroatoms. The van der Waals surface area contributed by atoms with Crippen LogP contribution in [-0.4, -0.2) is 24.0 Å². The Bertz CT molecular complexity index is 811. The number of ether oxygens (including phenoxy) is 1. The van der Waals surface area contributed by atoms with Crippen LogP contribution < -0.4 is 15.4 Å². The number of nitrogens with zero attached hydrogens (tertiary/aromatic N) is 1. The maximum atomic E-state index is 13.0. The van der Waals surface area contributed by atoms with Crippen molar-refractivity contribution in [2.75, 3.05) is 13.1 Å². The lowest BCUT2D eigenvalue weighted by Gasteiger charge is -2.37. The SMILES string of the molecule is O=C(NCc1ccnc(Oc2ccc(F)cc2)c1)[C@@]12CCCC[C@H]1CNC2. The van der Waals surface area contributed by atoms with Gasteiger partial charge in [0.25, 0.3) is 0 Å². The molecule has 2 atom stereocenters. The molecule has 2 N–H and O–H groups in total. The molecule has 1 saturated carbocycles. The number of nitrogens with one attached hydrogen (secondary N) is 2. The third-order valence-corrected chi connectivity index (χ3v) is 5.78. The van der Waals surface area contributed by atoms with Gasteiger partial charge in [0.2, 0.25) is 11.8 Å². The van der Waals surface area contributed by atoms with Crippen LogP contribution >= 0.6 is 0 Å². The molecule has 5 nitrogen and oxygen atoms in total.